The summed E-state index contributed by atoms with van der Waals surface area (Å²) in [5.41, 5.74) is -0.837. The summed E-state index contributed by atoms with van der Waals surface area (Å²) in [4.78, 5) is 0. The van der Waals surface area contributed by atoms with Crippen LogP contribution in [0.25, 0.3) is 0 Å². The normalized spacial score (nSPS) is 20.5. The van der Waals surface area contributed by atoms with Crippen LogP contribution in [0.5, 0.6) is 0 Å². The van der Waals surface area contributed by atoms with Crippen LogP contribution in [0.15, 0.2) is 0 Å². The Balaban J connectivity index is 2.25. The predicted octanol–water partition coefficient (Wildman–Crippen LogP) is 1.30. The predicted molar refractivity (Wildman–Crippen MR) is 47.0 cm³/mol. The fraction of sp³-hybridized carbons (Fsp3) is 0.889. The van der Waals surface area contributed by atoms with Crippen LogP contribution in [0.4, 0.5) is 8.78 Å². The van der Waals surface area contributed by atoms with Crippen LogP contribution in [0.2, 0.25) is 0 Å². The summed E-state index contributed by atoms with van der Waals surface area (Å²) >= 11 is 0. The highest BCUT2D eigenvalue weighted by Crippen LogP contribution is 2.22. The molecule has 0 bridgehead atoms. The molecule has 0 spiro atoms. The summed E-state index contributed by atoms with van der Waals surface area (Å²) < 4.78 is 28.3. The summed E-state index contributed by atoms with van der Waals surface area (Å²) in [6.45, 7) is 1.06. The summed E-state index contributed by atoms with van der Waals surface area (Å²) in [6.07, 6.45) is -0.378. The molecule has 0 aliphatic heterocycles. The summed E-state index contributed by atoms with van der Waals surface area (Å²) in [7, 11) is 0. The number of rotatable bonds is 6. The molecule has 3 nitrogen and oxygen atoms in total. The van der Waals surface area contributed by atoms with Gasteiger partial charge in [0, 0.05) is 6.04 Å². The van der Waals surface area contributed by atoms with Gasteiger partial charge in [-0.3, -0.25) is 5.32 Å². The van der Waals surface area contributed by atoms with Crippen LogP contribution in [0.3, 0.4) is 0 Å². The van der Waals surface area contributed by atoms with Crippen molar-refractivity contribution in [3.8, 4) is 6.07 Å². The minimum absolute atomic E-state index is 0.00431. The van der Waals surface area contributed by atoms with Crippen molar-refractivity contribution in [2.75, 3.05) is 13.2 Å². The zero-order valence-electron chi connectivity index (χ0n) is 8.09. The first-order valence-corrected chi connectivity index (χ1v) is 4.60. The molecule has 0 aromatic rings. The average molecular weight is 204 g/mol. The third kappa shape index (κ3) is 3.99. The molecule has 14 heavy (non-hydrogen) atoms. The molecule has 0 amide bonds. The van der Waals surface area contributed by atoms with Crippen molar-refractivity contribution in [2.45, 2.75) is 37.8 Å². The lowest BCUT2D eigenvalue weighted by Crippen LogP contribution is -2.46. The van der Waals surface area contributed by atoms with E-state index in [1.54, 1.807) is 6.92 Å². The smallest absolute Gasteiger partial charge is 0.261 e. The molecule has 1 fully saturated rings. The van der Waals surface area contributed by atoms with E-state index >= 15 is 0 Å². The van der Waals surface area contributed by atoms with Crippen LogP contribution < -0.4 is 5.32 Å². The maximum absolute atomic E-state index is 11.8. The first-order valence-electron chi connectivity index (χ1n) is 4.60. The number of nitrogens with zero attached hydrogens (tertiary/aromatic N) is 1. The van der Waals surface area contributed by atoms with Crippen molar-refractivity contribution in [2.24, 2.45) is 0 Å². The Morgan fingerprint density at radius 1 is 1.64 bits per heavy atom. The summed E-state index contributed by atoms with van der Waals surface area (Å²) in [5.74, 6) is 0. The molecule has 1 saturated carbocycles. The summed E-state index contributed by atoms with van der Waals surface area (Å²) in [6, 6.07) is 2.40. The van der Waals surface area contributed by atoms with E-state index in [9.17, 15) is 8.78 Å². The second-order valence-electron chi connectivity index (χ2n) is 3.77. The van der Waals surface area contributed by atoms with E-state index in [1.165, 1.54) is 0 Å². The van der Waals surface area contributed by atoms with Gasteiger partial charge in [0.05, 0.1) is 12.7 Å². The number of nitrogens with one attached hydrogen (secondary N) is 1. The van der Waals surface area contributed by atoms with Gasteiger partial charge in [0.2, 0.25) is 0 Å². The van der Waals surface area contributed by atoms with Crippen LogP contribution in [0, 0.1) is 11.3 Å². The van der Waals surface area contributed by atoms with Gasteiger partial charge in [0.1, 0.15) is 12.1 Å². The van der Waals surface area contributed by atoms with Gasteiger partial charge in [-0.25, -0.2) is 8.78 Å². The molecule has 0 heterocycles. The lowest BCUT2D eigenvalue weighted by atomic mass is 10.1. The lowest BCUT2D eigenvalue weighted by Gasteiger charge is -2.22. The number of halogens is 2. The lowest BCUT2D eigenvalue weighted by molar-refractivity contribution is 0.00281. The Hall–Kier alpha value is -0.730. The molecule has 1 rings (SSSR count). The van der Waals surface area contributed by atoms with E-state index in [1.807, 2.05) is 6.07 Å². The molecule has 1 unspecified atom stereocenters. The van der Waals surface area contributed by atoms with E-state index < -0.39 is 18.6 Å². The maximum Gasteiger partial charge on any atom is 0.261 e. The Bertz CT molecular complexity index is 225. The van der Waals surface area contributed by atoms with Gasteiger partial charge < -0.3 is 4.74 Å². The minimum Gasteiger partial charge on any atom is -0.373 e. The zero-order chi connectivity index (χ0) is 10.6. The molecular formula is C9H14F2N2O. The fourth-order valence-electron chi connectivity index (χ4n) is 1.14. The van der Waals surface area contributed by atoms with E-state index in [0.717, 1.165) is 12.8 Å². The molecular weight excluding hydrogens is 190 g/mol. The van der Waals surface area contributed by atoms with Crippen LogP contribution in [-0.2, 0) is 4.74 Å². The standard InChI is InChI=1S/C9H14F2N2O/c1-9(5-12,13-7-2-3-7)6-14-4-8(10)11/h7-8,13H,2-4,6H2,1H3. The van der Waals surface area contributed by atoms with Gasteiger partial charge >= 0.3 is 0 Å². The van der Waals surface area contributed by atoms with Gasteiger partial charge in [0.25, 0.3) is 6.43 Å². The first kappa shape index (κ1) is 11.3. The number of nitriles is 1. The maximum atomic E-state index is 11.8. The molecule has 0 radical (unpaired) electrons. The highest BCUT2D eigenvalue weighted by molar-refractivity contribution is 5.07. The van der Waals surface area contributed by atoms with Crippen molar-refractivity contribution in [1.29, 1.82) is 5.26 Å². The molecule has 1 N–H and O–H groups in total. The van der Waals surface area contributed by atoms with Crippen molar-refractivity contribution in [3.05, 3.63) is 0 Å². The number of alkyl halides is 2. The average Bonchev–Trinajstić information content (AvgIpc) is 2.87. The second kappa shape index (κ2) is 4.67. The Labute approximate surface area is 82.0 Å². The fourth-order valence-corrected chi connectivity index (χ4v) is 1.14. The molecule has 0 saturated heterocycles. The van der Waals surface area contributed by atoms with Crippen LogP contribution >= 0.6 is 0 Å². The van der Waals surface area contributed by atoms with E-state index in [4.69, 9.17) is 10.00 Å². The van der Waals surface area contributed by atoms with Crippen molar-refractivity contribution >= 4 is 0 Å². The number of hydrogen-bond acceptors (Lipinski definition) is 3. The zero-order valence-corrected chi connectivity index (χ0v) is 8.09. The SMILES string of the molecule is CC(C#N)(COCC(F)F)NC1CC1. The summed E-state index contributed by atoms with van der Waals surface area (Å²) in [5, 5.41) is 11.9. The van der Waals surface area contributed by atoms with Gasteiger partial charge in [0.15, 0.2) is 0 Å². The Morgan fingerprint density at radius 3 is 2.71 bits per heavy atom. The molecule has 0 aromatic carbocycles. The number of ether oxygens (including phenoxy) is 1. The van der Waals surface area contributed by atoms with Crippen LogP contribution in [-0.4, -0.2) is 31.2 Å². The highest BCUT2D eigenvalue weighted by Gasteiger charge is 2.32. The monoisotopic (exact) mass is 204 g/mol. The van der Waals surface area contributed by atoms with Crippen molar-refractivity contribution in [3.63, 3.8) is 0 Å². The van der Waals surface area contributed by atoms with E-state index in [0.29, 0.717) is 6.04 Å². The van der Waals surface area contributed by atoms with Crippen LogP contribution in [0.1, 0.15) is 19.8 Å². The van der Waals surface area contributed by atoms with Gasteiger partial charge in [-0.05, 0) is 19.8 Å². The molecule has 1 aliphatic carbocycles. The van der Waals surface area contributed by atoms with E-state index in [2.05, 4.69) is 5.32 Å². The third-order valence-corrected chi connectivity index (χ3v) is 1.98. The molecule has 5 heteroatoms. The molecule has 1 atom stereocenters. The Morgan fingerprint density at radius 2 is 2.29 bits per heavy atom. The quantitative estimate of drug-likeness (QED) is 0.709. The number of hydrogen-bond donors (Lipinski definition) is 1. The second-order valence-corrected chi connectivity index (χ2v) is 3.77. The van der Waals surface area contributed by atoms with E-state index in [-0.39, 0.29) is 6.61 Å². The van der Waals surface area contributed by atoms with Gasteiger partial charge in [-0.2, -0.15) is 5.26 Å². The van der Waals surface area contributed by atoms with Crippen molar-refractivity contribution < 1.29 is 13.5 Å². The van der Waals surface area contributed by atoms with Gasteiger partial charge in [-0.15, -0.1) is 0 Å². The van der Waals surface area contributed by atoms with Crippen molar-refractivity contribution in [1.82, 2.24) is 5.32 Å². The topological polar surface area (TPSA) is 45.0 Å². The molecule has 1 aliphatic rings. The molecule has 80 valence electrons. The van der Waals surface area contributed by atoms with Gasteiger partial charge in [-0.1, -0.05) is 0 Å². The largest absolute Gasteiger partial charge is 0.373 e. The molecule has 0 aromatic heterocycles. The first-order chi connectivity index (χ1) is 6.56. The minimum atomic E-state index is -2.47. The third-order valence-electron chi connectivity index (χ3n) is 1.98. The Kier molecular flexibility index (Phi) is 3.78. The highest BCUT2D eigenvalue weighted by atomic mass is 19.3.